The van der Waals surface area contributed by atoms with Crippen molar-refractivity contribution in [3.63, 3.8) is 0 Å². The summed E-state index contributed by atoms with van der Waals surface area (Å²) in [5, 5.41) is 9.11. The second-order valence-corrected chi connectivity index (χ2v) is 5.82. The van der Waals surface area contributed by atoms with Gasteiger partial charge in [0.2, 0.25) is 5.91 Å². The van der Waals surface area contributed by atoms with Gasteiger partial charge in [-0.2, -0.15) is 0 Å². The number of carbonyl (C=O) groups is 1. The van der Waals surface area contributed by atoms with Gasteiger partial charge in [-0.3, -0.25) is 14.7 Å². The third kappa shape index (κ3) is 4.25. The standard InChI is InChI=1S/C16H25N3O2/c1-13-11-18(12-14(2)19(13)8-9-20)16(21)6-5-15-4-3-7-17-10-15/h3-4,7,10,13-14,20H,5-6,8-9,11-12H2,1-2H3/t13-,14+. The molecule has 0 unspecified atom stereocenters. The van der Waals surface area contributed by atoms with Gasteiger partial charge < -0.3 is 10.0 Å². The van der Waals surface area contributed by atoms with Crippen LogP contribution in [0.5, 0.6) is 0 Å². The first-order valence-electron chi connectivity index (χ1n) is 7.65. The zero-order valence-corrected chi connectivity index (χ0v) is 12.9. The highest BCUT2D eigenvalue weighted by atomic mass is 16.3. The first-order valence-corrected chi connectivity index (χ1v) is 7.65. The molecule has 0 aliphatic carbocycles. The summed E-state index contributed by atoms with van der Waals surface area (Å²) in [6.45, 7) is 6.58. The van der Waals surface area contributed by atoms with Crippen LogP contribution in [0.15, 0.2) is 24.5 Å². The Morgan fingerprint density at radius 3 is 2.67 bits per heavy atom. The van der Waals surface area contributed by atoms with Crippen molar-refractivity contribution in [2.24, 2.45) is 0 Å². The maximum Gasteiger partial charge on any atom is 0.223 e. The molecule has 0 aromatic carbocycles. The van der Waals surface area contributed by atoms with Gasteiger partial charge in [0.15, 0.2) is 0 Å². The van der Waals surface area contributed by atoms with Crippen LogP contribution in [0.2, 0.25) is 0 Å². The van der Waals surface area contributed by atoms with Crippen molar-refractivity contribution in [3.05, 3.63) is 30.1 Å². The summed E-state index contributed by atoms with van der Waals surface area (Å²) >= 11 is 0. The molecule has 0 spiro atoms. The maximum atomic E-state index is 12.4. The van der Waals surface area contributed by atoms with Crippen LogP contribution in [0.4, 0.5) is 0 Å². The van der Waals surface area contributed by atoms with E-state index in [4.69, 9.17) is 5.11 Å². The van der Waals surface area contributed by atoms with Gasteiger partial charge in [-0.05, 0) is 31.9 Å². The van der Waals surface area contributed by atoms with Crippen LogP contribution in [0, 0.1) is 0 Å². The van der Waals surface area contributed by atoms with E-state index >= 15 is 0 Å². The number of amides is 1. The van der Waals surface area contributed by atoms with Crippen molar-refractivity contribution < 1.29 is 9.90 Å². The summed E-state index contributed by atoms with van der Waals surface area (Å²) in [4.78, 5) is 20.7. The minimum atomic E-state index is 0.170. The summed E-state index contributed by atoms with van der Waals surface area (Å²) in [5.74, 6) is 0.209. The van der Waals surface area contributed by atoms with Crippen molar-refractivity contribution in [3.8, 4) is 0 Å². The van der Waals surface area contributed by atoms with Gasteiger partial charge in [0.1, 0.15) is 0 Å². The summed E-state index contributed by atoms with van der Waals surface area (Å²) in [7, 11) is 0. The highest BCUT2D eigenvalue weighted by Crippen LogP contribution is 2.16. The lowest BCUT2D eigenvalue weighted by atomic mass is 10.1. The number of pyridine rings is 1. The van der Waals surface area contributed by atoms with E-state index in [-0.39, 0.29) is 12.5 Å². The largest absolute Gasteiger partial charge is 0.395 e. The van der Waals surface area contributed by atoms with Gasteiger partial charge in [-0.25, -0.2) is 0 Å². The molecule has 1 aromatic heterocycles. The fourth-order valence-electron chi connectivity index (χ4n) is 3.07. The molecule has 1 aliphatic heterocycles. The molecule has 116 valence electrons. The van der Waals surface area contributed by atoms with Crippen molar-refractivity contribution >= 4 is 5.91 Å². The topological polar surface area (TPSA) is 56.7 Å². The Morgan fingerprint density at radius 1 is 1.38 bits per heavy atom. The Labute approximate surface area is 126 Å². The molecule has 1 saturated heterocycles. The third-order valence-electron chi connectivity index (χ3n) is 4.16. The molecular weight excluding hydrogens is 266 g/mol. The SMILES string of the molecule is C[C@@H]1CN(C(=O)CCc2cccnc2)C[C@H](C)N1CCO. The van der Waals surface area contributed by atoms with Gasteiger partial charge in [-0.15, -0.1) is 0 Å². The van der Waals surface area contributed by atoms with Crippen LogP contribution < -0.4 is 0 Å². The number of nitrogens with zero attached hydrogens (tertiary/aromatic N) is 3. The molecule has 0 bridgehead atoms. The smallest absolute Gasteiger partial charge is 0.223 e. The van der Waals surface area contributed by atoms with Gasteiger partial charge >= 0.3 is 0 Å². The molecule has 2 heterocycles. The molecule has 2 atom stereocenters. The molecule has 5 nitrogen and oxygen atoms in total. The first-order chi connectivity index (χ1) is 10.1. The van der Waals surface area contributed by atoms with Crippen molar-refractivity contribution in [1.82, 2.24) is 14.8 Å². The van der Waals surface area contributed by atoms with Crippen molar-refractivity contribution in [2.75, 3.05) is 26.2 Å². The highest BCUT2D eigenvalue weighted by Gasteiger charge is 2.30. The molecule has 2 rings (SSSR count). The highest BCUT2D eigenvalue weighted by molar-refractivity contribution is 5.76. The maximum absolute atomic E-state index is 12.4. The number of carbonyl (C=O) groups excluding carboxylic acids is 1. The van der Waals surface area contributed by atoms with Crippen molar-refractivity contribution in [2.45, 2.75) is 38.8 Å². The van der Waals surface area contributed by atoms with E-state index in [2.05, 4.69) is 23.7 Å². The molecule has 1 amide bonds. The van der Waals surface area contributed by atoms with E-state index in [1.165, 1.54) is 0 Å². The lowest BCUT2D eigenvalue weighted by Gasteiger charge is -2.44. The van der Waals surface area contributed by atoms with E-state index in [0.717, 1.165) is 25.1 Å². The number of piperazine rings is 1. The minimum Gasteiger partial charge on any atom is -0.395 e. The molecule has 21 heavy (non-hydrogen) atoms. The van der Waals surface area contributed by atoms with E-state index in [0.29, 0.717) is 25.0 Å². The predicted molar refractivity (Wildman–Crippen MR) is 81.9 cm³/mol. The molecule has 1 N–H and O–H groups in total. The number of hydrogen-bond donors (Lipinski definition) is 1. The molecule has 1 fully saturated rings. The quantitative estimate of drug-likeness (QED) is 0.877. The fraction of sp³-hybridized carbons (Fsp3) is 0.625. The van der Waals surface area contributed by atoms with E-state index in [9.17, 15) is 4.79 Å². The summed E-state index contributed by atoms with van der Waals surface area (Å²) < 4.78 is 0. The third-order valence-corrected chi connectivity index (χ3v) is 4.16. The first kappa shape index (κ1) is 15.9. The summed E-state index contributed by atoms with van der Waals surface area (Å²) in [6.07, 6.45) is 4.84. The van der Waals surface area contributed by atoms with Gasteiger partial charge in [0, 0.05) is 50.5 Å². The van der Waals surface area contributed by atoms with Crippen LogP contribution in [-0.4, -0.2) is 64.1 Å². The van der Waals surface area contributed by atoms with Crippen LogP contribution in [0.1, 0.15) is 25.8 Å². The Bertz CT molecular complexity index is 440. The van der Waals surface area contributed by atoms with Gasteiger partial charge in [0.25, 0.3) is 0 Å². The summed E-state index contributed by atoms with van der Waals surface area (Å²) in [6, 6.07) is 4.49. The zero-order chi connectivity index (χ0) is 15.2. The number of aromatic nitrogens is 1. The molecule has 1 aliphatic rings. The summed E-state index contributed by atoms with van der Waals surface area (Å²) in [5.41, 5.74) is 1.10. The van der Waals surface area contributed by atoms with Crippen LogP contribution >= 0.6 is 0 Å². The molecule has 0 radical (unpaired) electrons. The van der Waals surface area contributed by atoms with Crippen LogP contribution in [-0.2, 0) is 11.2 Å². The minimum absolute atomic E-state index is 0.170. The monoisotopic (exact) mass is 291 g/mol. The zero-order valence-electron chi connectivity index (χ0n) is 12.9. The van der Waals surface area contributed by atoms with Crippen molar-refractivity contribution in [1.29, 1.82) is 0 Å². The van der Waals surface area contributed by atoms with Crippen LogP contribution in [0.3, 0.4) is 0 Å². The number of hydrogen-bond acceptors (Lipinski definition) is 4. The number of aryl methyl sites for hydroxylation is 1. The molecule has 5 heteroatoms. The number of aliphatic hydroxyl groups is 1. The van der Waals surface area contributed by atoms with E-state index < -0.39 is 0 Å². The average Bonchev–Trinajstić information content (AvgIpc) is 2.49. The molecular formula is C16H25N3O2. The Morgan fingerprint density at radius 2 is 2.10 bits per heavy atom. The predicted octanol–water partition coefficient (Wildman–Crippen LogP) is 0.928. The second-order valence-electron chi connectivity index (χ2n) is 5.82. The fourth-order valence-corrected chi connectivity index (χ4v) is 3.07. The van der Waals surface area contributed by atoms with Gasteiger partial charge in [0.05, 0.1) is 6.61 Å². The Balaban J connectivity index is 1.86. The number of rotatable bonds is 5. The number of aliphatic hydroxyl groups excluding tert-OH is 1. The van der Waals surface area contributed by atoms with E-state index in [1.54, 1.807) is 6.20 Å². The Kier molecular flexibility index (Phi) is 5.70. The van der Waals surface area contributed by atoms with Gasteiger partial charge in [-0.1, -0.05) is 6.07 Å². The lowest BCUT2D eigenvalue weighted by Crippen LogP contribution is -2.58. The van der Waals surface area contributed by atoms with E-state index in [1.807, 2.05) is 23.2 Å². The lowest BCUT2D eigenvalue weighted by molar-refractivity contribution is -0.135. The van der Waals surface area contributed by atoms with Crippen LogP contribution in [0.25, 0.3) is 0 Å². The average molecular weight is 291 g/mol. The second kappa shape index (κ2) is 7.52. The normalized spacial score (nSPS) is 23.3. The molecule has 0 saturated carbocycles. The number of β-amino-alcohol motifs (C(OH)–C–C–N with tert-alkyl or cyclic N) is 1. The Hall–Kier alpha value is -1.46. The molecule has 1 aromatic rings.